The van der Waals surface area contributed by atoms with Crippen LogP contribution in [0.2, 0.25) is 0 Å². The fraction of sp³-hybridized carbons (Fsp3) is 0.421. The number of methoxy groups -OCH3 is 1. The molecule has 26 heavy (non-hydrogen) atoms. The monoisotopic (exact) mass is 486 g/mol. The molecule has 0 saturated carbocycles. The molecule has 1 aliphatic heterocycles. The lowest BCUT2D eigenvalue weighted by molar-refractivity contribution is 0.260. The number of nitrogens with zero attached hydrogens (tertiary/aromatic N) is 2. The Hall–Kier alpha value is -1.32. The molecular formula is C19H27IN4OS. The number of thiophene rings is 1. The van der Waals surface area contributed by atoms with Crippen LogP contribution in [0.25, 0.3) is 0 Å². The molecule has 3 rings (SSSR count). The van der Waals surface area contributed by atoms with Gasteiger partial charge in [0, 0.05) is 44.6 Å². The quantitative estimate of drug-likeness (QED) is 0.375. The van der Waals surface area contributed by atoms with Crippen molar-refractivity contribution in [3.8, 4) is 5.75 Å². The maximum Gasteiger partial charge on any atom is 0.191 e. The lowest BCUT2D eigenvalue weighted by atomic mass is 10.1. The third-order valence-electron chi connectivity index (χ3n) is 4.45. The van der Waals surface area contributed by atoms with Crippen molar-refractivity contribution in [1.29, 1.82) is 0 Å². The van der Waals surface area contributed by atoms with Crippen LogP contribution in [0, 0.1) is 0 Å². The summed E-state index contributed by atoms with van der Waals surface area (Å²) in [5.41, 5.74) is 2.70. The van der Waals surface area contributed by atoms with Gasteiger partial charge in [0.05, 0.1) is 7.11 Å². The molecular weight excluding hydrogens is 459 g/mol. The molecule has 0 aliphatic carbocycles. The molecule has 0 saturated heterocycles. The van der Waals surface area contributed by atoms with Gasteiger partial charge in [0.15, 0.2) is 5.96 Å². The fourth-order valence-electron chi connectivity index (χ4n) is 2.98. The van der Waals surface area contributed by atoms with E-state index in [0.717, 1.165) is 44.4 Å². The van der Waals surface area contributed by atoms with Crippen LogP contribution in [0.3, 0.4) is 0 Å². The van der Waals surface area contributed by atoms with Crippen LogP contribution in [-0.4, -0.2) is 44.7 Å². The summed E-state index contributed by atoms with van der Waals surface area (Å²) in [7, 11) is 3.49. The molecule has 2 aromatic rings. The third-order valence-corrected chi connectivity index (χ3v) is 5.47. The van der Waals surface area contributed by atoms with E-state index in [-0.39, 0.29) is 24.0 Å². The minimum atomic E-state index is 0. The zero-order chi connectivity index (χ0) is 17.5. The zero-order valence-electron chi connectivity index (χ0n) is 15.3. The maximum absolute atomic E-state index is 5.18. The molecule has 1 aromatic carbocycles. The van der Waals surface area contributed by atoms with E-state index >= 15 is 0 Å². The highest BCUT2D eigenvalue weighted by Crippen LogP contribution is 2.23. The van der Waals surface area contributed by atoms with E-state index in [0.29, 0.717) is 0 Å². The Morgan fingerprint density at radius 2 is 2.04 bits per heavy atom. The first-order valence-corrected chi connectivity index (χ1v) is 9.51. The zero-order valence-corrected chi connectivity index (χ0v) is 18.5. The van der Waals surface area contributed by atoms with Gasteiger partial charge in [-0.3, -0.25) is 9.89 Å². The SMILES string of the molecule is CN=C(NCCN1CCc2sccc2C1)NCc1ccc(OC)cc1.I. The van der Waals surface area contributed by atoms with Crippen LogP contribution in [0.5, 0.6) is 5.75 Å². The highest BCUT2D eigenvalue weighted by molar-refractivity contribution is 14.0. The molecule has 1 aromatic heterocycles. The first-order valence-electron chi connectivity index (χ1n) is 8.63. The first-order chi connectivity index (χ1) is 12.3. The predicted octanol–water partition coefficient (Wildman–Crippen LogP) is 3.10. The molecule has 0 amide bonds. The Morgan fingerprint density at radius 3 is 2.77 bits per heavy atom. The summed E-state index contributed by atoms with van der Waals surface area (Å²) in [6, 6.07) is 10.3. The molecule has 2 N–H and O–H groups in total. The Bertz CT molecular complexity index is 702. The third kappa shape index (κ3) is 5.85. The lowest BCUT2D eigenvalue weighted by Crippen LogP contribution is -2.42. The van der Waals surface area contributed by atoms with E-state index in [9.17, 15) is 0 Å². The second-order valence-electron chi connectivity index (χ2n) is 6.10. The van der Waals surface area contributed by atoms with Crippen molar-refractivity contribution in [1.82, 2.24) is 15.5 Å². The van der Waals surface area contributed by atoms with E-state index in [1.54, 1.807) is 12.0 Å². The van der Waals surface area contributed by atoms with Crippen LogP contribution in [0.4, 0.5) is 0 Å². The summed E-state index contributed by atoms with van der Waals surface area (Å²) in [6.07, 6.45) is 1.18. The van der Waals surface area contributed by atoms with Gasteiger partial charge in [-0.15, -0.1) is 35.3 Å². The lowest BCUT2D eigenvalue weighted by Gasteiger charge is -2.27. The van der Waals surface area contributed by atoms with Gasteiger partial charge in [-0.25, -0.2) is 0 Å². The van der Waals surface area contributed by atoms with Crippen LogP contribution in [0.15, 0.2) is 40.7 Å². The van der Waals surface area contributed by atoms with E-state index in [1.165, 1.54) is 17.5 Å². The Labute approximate surface area is 176 Å². The van der Waals surface area contributed by atoms with Crippen molar-refractivity contribution in [2.75, 3.05) is 33.8 Å². The van der Waals surface area contributed by atoms with Gasteiger partial charge < -0.3 is 15.4 Å². The normalized spacial score (nSPS) is 14.3. The average Bonchev–Trinajstić information content (AvgIpc) is 3.12. The number of ether oxygens (including phenoxy) is 1. The Kier molecular flexibility index (Phi) is 8.67. The molecule has 0 bridgehead atoms. The number of benzene rings is 1. The largest absolute Gasteiger partial charge is 0.497 e. The second kappa shape index (κ2) is 10.7. The number of rotatable bonds is 6. The molecule has 0 radical (unpaired) electrons. The van der Waals surface area contributed by atoms with Gasteiger partial charge >= 0.3 is 0 Å². The summed E-state index contributed by atoms with van der Waals surface area (Å²) >= 11 is 1.89. The first kappa shape index (κ1) is 21.0. The molecule has 0 unspecified atom stereocenters. The minimum Gasteiger partial charge on any atom is -0.497 e. The predicted molar refractivity (Wildman–Crippen MR) is 120 cm³/mol. The molecule has 0 atom stereocenters. The van der Waals surface area contributed by atoms with Crippen molar-refractivity contribution in [2.45, 2.75) is 19.5 Å². The van der Waals surface area contributed by atoms with Gasteiger partial charge in [-0.05, 0) is 41.1 Å². The highest BCUT2D eigenvalue weighted by Gasteiger charge is 2.16. The molecule has 7 heteroatoms. The number of halogens is 1. The van der Waals surface area contributed by atoms with Gasteiger partial charge in [0.1, 0.15) is 5.75 Å². The Balaban J connectivity index is 0.00000243. The smallest absolute Gasteiger partial charge is 0.191 e. The van der Waals surface area contributed by atoms with Crippen molar-refractivity contribution in [3.05, 3.63) is 51.7 Å². The maximum atomic E-state index is 5.18. The van der Waals surface area contributed by atoms with Crippen molar-refractivity contribution in [2.24, 2.45) is 4.99 Å². The van der Waals surface area contributed by atoms with Crippen molar-refractivity contribution < 1.29 is 4.74 Å². The van der Waals surface area contributed by atoms with Crippen LogP contribution in [0.1, 0.15) is 16.0 Å². The van der Waals surface area contributed by atoms with Gasteiger partial charge in [0.2, 0.25) is 0 Å². The summed E-state index contributed by atoms with van der Waals surface area (Å²) in [6.45, 7) is 4.87. The van der Waals surface area contributed by atoms with E-state index in [4.69, 9.17) is 4.74 Å². The van der Waals surface area contributed by atoms with Crippen molar-refractivity contribution >= 4 is 41.3 Å². The summed E-state index contributed by atoms with van der Waals surface area (Å²) in [4.78, 5) is 8.36. The van der Waals surface area contributed by atoms with Gasteiger partial charge in [-0.1, -0.05) is 12.1 Å². The van der Waals surface area contributed by atoms with E-state index < -0.39 is 0 Å². The summed E-state index contributed by atoms with van der Waals surface area (Å²) in [5, 5.41) is 8.96. The Morgan fingerprint density at radius 1 is 1.23 bits per heavy atom. The van der Waals surface area contributed by atoms with Crippen LogP contribution < -0.4 is 15.4 Å². The standard InChI is InChI=1S/C19H26N4OS.HI/c1-20-19(22-13-15-3-5-17(24-2)6-4-15)21-9-11-23-10-7-18-16(14-23)8-12-25-18;/h3-6,8,12H,7,9-11,13-14H2,1-2H3,(H2,20,21,22);1H. The molecule has 5 nitrogen and oxygen atoms in total. The number of aliphatic imine (C=N–C) groups is 1. The van der Waals surface area contributed by atoms with E-state index in [1.807, 2.05) is 30.5 Å². The fourth-order valence-corrected chi connectivity index (χ4v) is 3.87. The highest BCUT2D eigenvalue weighted by atomic mass is 127. The molecule has 0 fully saturated rings. The van der Waals surface area contributed by atoms with Gasteiger partial charge in [0.25, 0.3) is 0 Å². The molecule has 2 heterocycles. The number of guanidine groups is 1. The van der Waals surface area contributed by atoms with Crippen molar-refractivity contribution in [3.63, 3.8) is 0 Å². The second-order valence-corrected chi connectivity index (χ2v) is 7.10. The van der Waals surface area contributed by atoms with Crippen LogP contribution in [-0.2, 0) is 19.5 Å². The number of hydrogen-bond acceptors (Lipinski definition) is 4. The number of fused-ring (bicyclic) bond motifs is 1. The number of nitrogens with one attached hydrogen (secondary N) is 2. The summed E-state index contributed by atoms with van der Waals surface area (Å²) in [5.74, 6) is 1.71. The topological polar surface area (TPSA) is 48.9 Å². The molecule has 0 spiro atoms. The van der Waals surface area contributed by atoms with Crippen LogP contribution >= 0.6 is 35.3 Å². The minimum absolute atomic E-state index is 0. The van der Waals surface area contributed by atoms with E-state index in [2.05, 4.69) is 44.1 Å². The number of hydrogen-bond donors (Lipinski definition) is 2. The molecule has 1 aliphatic rings. The average molecular weight is 486 g/mol. The summed E-state index contributed by atoms with van der Waals surface area (Å²) < 4.78 is 5.18. The van der Waals surface area contributed by atoms with Gasteiger partial charge in [-0.2, -0.15) is 0 Å². The molecule has 142 valence electrons.